The van der Waals surface area contributed by atoms with Crippen molar-refractivity contribution in [2.75, 3.05) is 44.2 Å². The average molecular weight is 402 g/mol. The summed E-state index contributed by atoms with van der Waals surface area (Å²) in [5.41, 5.74) is 1.79. The van der Waals surface area contributed by atoms with Crippen molar-refractivity contribution in [1.82, 2.24) is 9.21 Å². The Morgan fingerprint density at radius 3 is 2.36 bits per heavy atom. The van der Waals surface area contributed by atoms with E-state index in [2.05, 4.69) is 9.80 Å². The molecule has 2 aromatic rings. The first-order valence-electron chi connectivity index (χ1n) is 9.56. The van der Waals surface area contributed by atoms with E-state index in [9.17, 15) is 12.8 Å². The van der Waals surface area contributed by atoms with Gasteiger partial charge in [0.05, 0.1) is 4.90 Å². The lowest BCUT2D eigenvalue weighted by Crippen LogP contribution is -2.47. The maximum Gasteiger partial charge on any atom is 0.264 e. The number of hydrogen-bond donors (Lipinski definition) is 0. The van der Waals surface area contributed by atoms with Crippen LogP contribution in [-0.2, 0) is 10.0 Å². The molecule has 1 saturated heterocycles. The lowest BCUT2D eigenvalue weighted by Gasteiger charge is -2.36. The number of anilines is 1. The van der Waals surface area contributed by atoms with Crippen LogP contribution in [0.1, 0.15) is 12.0 Å². The van der Waals surface area contributed by atoms with E-state index in [1.165, 1.54) is 16.4 Å². The molecule has 0 bridgehead atoms. The van der Waals surface area contributed by atoms with E-state index >= 15 is 0 Å². The Bertz CT molecular complexity index is 952. The van der Waals surface area contributed by atoms with Gasteiger partial charge in [0.15, 0.2) is 0 Å². The third-order valence-corrected chi connectivity index (χ3v) is 7.19. The first-order valence-corrected chi connectivity index (χ1v) is 11.0. The summed E-state index contributed by atoms with van der Waals surface area (Å²) < 4.78 is 40.0. The Morgan fingerprint density at radius 2 is 1.61 bits per heavy atom. The van der Waals surface area contributed by atoms with Gasteiger partial charge in [-0.1, -0.05) is 18.2 Å². The maximum absolute atomic E-state index is 13.1. The Morgan fingerprint density at radius 1 is 0.893 bits per heavy atom. The number of halogens is 1. The van der Waals surface area contributed by atoms with Crippen LogP contribution in [0.2, 0.25) is 0 Å². The molecule has 0 unspecified atom stereocenters. The van der Waals surface area contributed by atoms with Crippen molar-refractivity contribution in [2.24, 2.45) is 0 Å². The van der Waals surface area contributed by atoms with Crippen LogP contribution in [0.3, 0.4) is 0 Å². The molecule has 28 heavy (non-hydrogen) atoms. The van der Waals surface area contributed by atoms with Gasteiger partial charge in [-0.25, -0.2) is 12.8 Å². The van der Waals surface area contributed by atoms with Gasteiger partial charge >= 0.3 is 0 Å². The first-order chi connectivity index (χ1) is 13.5. The van der Waals surface area contributed by atoms with E-state index in [-0.39, 0.29) is 5.82 Å². The molecule has 0 saturated carbocycles. The number of sulfonamides is 1. The second kappa shape index (κ2) is 7.93. The van der Waals surface area contributed by atoms with Crippen molar-refractivity contribution in [1.29, 1.82) is 0 Å². The summed E-state index contributed by atoms with van der Waals surface area (Å²) in [5.74, 6) is -0.216. The number of piperazine rings is 1. The molecule has 0 amide bonds. The lowest BCUT2D eigenvalue weighted by molar-refractivity contribution is 0.250. The van der Waals surface area contributed by atoms with E-state index in [1.54, 1.807) is 18.3 Å². The normalized spacial score (nSPS) is 18.9. The molecule has 2 aliphatic heterocycles. The average Bonchev–Trinajstić information content (AvgIpc) is 2.71. The zero-order valence-corrected chi connectivity index (χ0v) is 16.5. The van der Waals surface area contributed by atoms with Gasteiger partial charge in [-0.05, 0) is 48.4 Å². The first kappa shape index (κ1) is 19.0. The summed E-state index contributed by atoms with van der Waals surface area (Å²) >= 11 is 0. The fourth-order valence-electron chi connectivity index (χ4n) is 3.75. The van der Waals surface area contributed by atoms with Gasteiger partial charge in [-0.15, -0.1) is 0 Å². The third kappa shape index (κ3) is 3.91. The zero-order chi connectivity index (χ0) is 19.6. The molecule has 0 aromatic heterocycles. The molecule has 2 aliphatic rings. The van der Waals surface area contributed by atoms with Gasteiger partial charge in [-0.2, -0.15) is 0 Å². The van der Waals surface area contributed by atoms with Gasteiger partial charge in [0.1, 0.15) is 5.82 Å². The summed E-state index contributed by atoms with van der Waals surface area (Å²) in [6, 6.07) is 13.7. The Kier molecular flexibility index (Phi) is 5.37. The largest absolute Gasteiger partial charge is 0.369 e. The van der Waals surface area contributed by atoms with Crippen molar-refractivity contribution < 1.29 is 12.8 Å². The standard InChI is InChI=1S/C21H24FN3O2S/c22-19-6-8-20(9-7-19)24-16-14-23(15-17-24)11-3-12-25-13-10-18-4-1-2-5-21(18)28(25,26)27/h1-2,4-10,13H,3,11-12,14-17H2. The predicted octanol–water partition coefficient (Wildman–Crippen LogP) is 3.01. The van der Waals surface area contributed by atoms with E-state index in [1.807, 2.05) is 30.3 Å². The second-order valence-corrected chi connectivity index (χ2v) is 8.99. The van der Waals surface area contributed by atoms with Crippen molar-refractivity contribution >= 4 is 21.8 Å². The van der Waals surface area contributed by atoms with Crippen molar-refractivity contribution in [3.8, 4) is 0 Å². The van der Waals surface area contributed by atoms with Crippen molar-refractivity contribution in [3.05, 3.63) is 66.1 Å². The highest BCUT2D eigenvalue weighted by atomic mass is 32.2. The molecular formula is C21H24FN3O2S. The Labute approximate surface area is 165 Å². The van der Waals surface area contributed by atoms with Gasteiger partial charge in [0.25, 0.3) is 10.0 Å². The Hall–Kier alpha value is -2.38. The molecule has 7 heteroatoms. The molecule has 1 fully saturated rings. The van der Waals surface area contributed by atoms with Crippen LogP contribution in [0.4, 0.5) is 10.1 Å². The molecule has 148 valence electrons. The number of fused-ring (bicyclic) bond motifs is 1. The topological polar surface area (TPSA) is 43.9 Å². The summed E-state index contributed by atoms with van der Waals surface area (Å²) in [6.07, 6.45) is 4.31. The molecule has 0 spiro atoms. The van der Waals surface area contributed by atoms with Gasteiger partial charge in [0, 0.05) is 51.2 Å². The van der Waals surface area contributed by atoms with E-state index in [0.717, 1.165) is 50.4 Å². The quantitative estimate of drug-likeness (QED) is 0.773. The minimum Gasteiger partial charge on any atom is -0.369 e. The van der Waals surface area contributed by atoms with Crippen LogP contribution in [0.25, 0.3) is 6.08 Å². The molecule has 5 nitrogen and oxygen atoms in total. The molecule has 0 radical (unpaired) electrons. The van der Waals surface area contributed by atoms with Crippen LogP contribution in [0.15, 0.2) is 59.6 Å². The van der Waals surface area contributed by atoms with Crippen molar-refractivity contribution in [3.63, 3.8) is 0 Å². The summed E-state index contributed by atoms with van der Waals surface area (Å²) in [7, 11) is -3.45. The van der Waals surface area contributed by atoms with E-state index in [0.29, 0.717) is 11.4 Å². The second-order valence-electron chi connectivity index (χ2n) is 7.13. The summed E-state index contributed by atoms with van der Waals surface area (Å²) in [6.45, 7) is 4.96. The van der Waals surface area contributed by atoms with Gasteiger partial charge < -0.3 is 4.90 Å². The highest BCUT2D eigenvalue weighted by molar-refractivity contribution is 7.89. The molecule has 2 heterocycles. The fraction of sp³-hybridized carbons (Fsp3) is 0.333. The van der Waals surface area contributed by atoms with Crippen LogP contribution in [0, 0.1) is 5.82 Å². The Balaban J connectivity index is 1.27. The molecule has 0 N–H and O–H groups in total. The smallest absolute Gasteiger partial charge is 0.264 e. The number of benzene rings is 2. The number of hydrogen-bond acceptors (Lipinski definition) is 4. The monoisotopic (exact) mass is 401 g/mol. The van der Waals surface area contributed by atoms with Crippen LogP contribution >= 0.6 is 0 Å². The van der Waals surface area contributed by atoms with Crippen LogP contribution < -0.4 is 4.90 Å². The summed E-state index contributed by atoms with van der Waals surface area (Å²) in [4.78, 5) is 4.99. The highest BCUT2D eigenvalue weighted by Gasteiger charge is 2.27. The molecule has 0 aliphatic carbocycles. The predicted molar refractivity (Wildman–Crippen MR) is 109 cm³/mol. The molecule has 0 atom stereocenters. The minimum atomic E-state index is -3.45. The maximum atomic E-state index is 13.1. The van der Waals surface area contributed by atoms with Crippen LogP contribution in [0.5, 0.6) is 0 Å². The molecular weight excluding hydrogens is 377 g/mol. The molecule has 2 aromatic carbocycles. The highest BCUT2D eigenvalue weighted by Crippen LogP contribution is 2.26. The fourth-order valence-corrected chi connectivity index (χ4v) is 5.28. The number of nitrogens with zero attached hydrogens (tertiary/aromatic N) is 3. The molecule has 4 rings (SSSR count). The SMILES string of the molecule is O=S1(=O)c2ccccc2C=CN1CCCN1CCN(c2ccc(F)cc2)CC1. The van der Waals surface area contributed by atoms with E-state index in [4.69, 9.17) is 0 Å². The minimum absolute atomic E-state index is 0.216. The van der Waals surface area contributed by atoms with Crippen LogP contribution in [-0.4, -0.2) is 56.9 Å². The lowest BCUT2D eigenvalue weighted by atomic mass is 10.2. The zero-order valence-electron chi connectivity index (χ0n) is 15.7. The van der Waals surface area contributed by atoms with E-state index < -0.39 is 10.0 Å². The van der Waals surface area contributed by atoms with Gasteiger partial charge in [-0.3, -0.25) is 9.21 Å². The third-order valence-electron chi connectivity index (χ3n) is 5.34. The summed E-state index contributed by atoms with van der Waals surface area (Å²) in [5, 5.41) is 0. The van der Waals surface area contributed by atoms with Crippen molar-refractivity contribution in [2.45, 2.75) is 11.3 Å². The van der Waals surface area contributed by atoms with Gasteiger partial charge in [0.2, 0.25) is 0 Å². The number of rotatable bonds is 5.